The van der Waals surface area contributed by atoms with Crippen LogP contribution in [0.4, 0.5) is 5.88 Å². The van der Waals surface area contributed by atoms with Gasteiger partial charge >= 0.3 is 0 Å². The van der Waals surface area contributed by atoms with E-state index in [2.05, 4.69) is 4.98 Å². The molecule has 0 fully saturated rings. The lowest BCUT2D eigenvalue weighted by atomic mass is 10.2. The zero-order chi connectivity index (χ0) is 11.7. The molecule has 0 aliphatic carbocycles. The quantitative estimate of drug-likeness (QED) is 0.848. The number of rotatable bonds is 1. The molecule has 1 heterocycles. The van der Waals surface area contributed by atoms with Gasteiger partial charge in [0.2, 0.25) is 17.5 Å². The number of anilines is 1. The van der Waals surface area contributed by atoms with Crippen molar-refractivity contribution in [3.63, 3.8) is 0 Å². The van der Waals surface area contributed by atoms with E-state index in [1.807, 2.05) is 6.07 Å². The van der Waals surface area contributed by atoms with Crippen LogP contribution in [-0.4, -0.2) is 4.98 Å². The van der Waals surface area contributed by atoms with E-state index < -0.39 is 0 Å². The second-order valence-corrected chi connectivity index (χ2v) is 3.81. The molecule has 2 aromatic rings. The van der Waals surface area contributed by atoms with E-state index in [4.69, 9.17) is 38.6 Å². The minimum Gasteiger partial charge on any atom is -0.419 e. The van der Waals surface area contributed by atoms with E-state index in [1.165, 1.54) is 0 Å². The Morgan fingerprint density at radius 1 is 1.38 bits per heavy atom. The van der Waals surface area contributed by atoms with Crippen LogP contribution < -0.4 is 5.73 Å². The standard InChI is InChI=1S/C10H5Cl2N3O/c11-5-1-2-7(12)6(3-5)10-15-8(4-13)9(14)16-10/h1-3H,14H2. The zero-order valence-corrected chi connectivity index (χ0v) is 9.38. The van der Waals surface area contributed by atoms with E-state index in [0.29, 0.717) is 15.6 Å². The third-order valence-electron chi connectivity index (χ3n) is 1.92. The molecule has 2 rings (SSSR count). The highest BCUT2D eigenvalue weighted by molar-refractivity contribution is 6.35. The molecule has 1 aromatic heterocycles. The van der Waals surface area contributed by atoms with Gasteiger partial charge in [-0.15, -0.1) is 0 Å². The Morgan fingerprint density at radius 2 is 2.12 bits per heavy atom. The van der Waals surface area contributed by atoms with Gasteiger partial charge in [0.25, 0.3) is 0 Å². The lowest BCUT2D eigenvalue weighted by Gasteiger charge is -1.99. The molecular formula is C10H5Cl2N3O. The van der Waals surface area contributed by atoms with Gasteiger partial charge in [0.1, 0.15) is 6.07 Å². The van der Waals surface area contributed by atoms with Gasteiger partial charge < -0.3 is 10.2 Å². The molecule has 6 heteroatoms. The van der Waals surface area contributed by atoms with Gasteiger partial charge in [-0.05, 0) is 18.2 Å². The molecule has 0 spiro atoms. The lowest BCUT2D eigenvalue weighted by molar-refractivity contribution is 0.594. The predicted molar refractivity (Wildman–Crippen MR) is 61.1 cm³/mol. The summed E-state index contributed by atoms with van der Waals surface area (Å²) in [6.45, 7) is 0. The van der Waals surface area contributed by atoms with Crippen molar-refractivity contribution in [2.24, 2.45) is 0 Å². The number of oxazole rings is 1. The van der Waals surface area contributed by atoms with Crippen LogP contribution in [0, 0.1) is 11.3 Å². The summed E-state index contributed by atoms with van der Waals surface area (Å²) in [5.41, 5.74) is 5.99. The monoisotopic (exact) mass is 253 g/mol. The van der Waals surface area contributed by atoms with Gasteiger partial charge in [0.15, 0.2) is 0 Å². The summed E-state index contributed by atoms with van der Waals surface area (Å²) in [4.78, 5) is 3.90. The van der Waals surface area contributed by atoms with Gasteiger partial charge in [0.05, 0.1) is 10.6 Å². The third-order valence-corrected chi connectivity index (χ3v) is 2.48. The molecule has 0 saturated carbocycles. The number of nitrogen functional groups attached to an aromatic ring is 1. The number of nitriles is 1. The second-order valence-electron chi connectivity index (χ2n) is 2.97. The van der Waals surface area contributed by atoms with Gasteiger partial charge in [0, 0.05) is 5.02 Å². The normalized spacial score (nSPS) is 10.1. The summed E-state index contributed by atoms with van der Waals surface area (Å²) in [5, 5.41) is 9.61. The first-order chi connectivity index (χ1) is 7.61. The minimum absolute atomic E-state index is 0.0334. The Labute approximate surface area is 101 Å². The van der Waals surface area contributed by atoms with Gasteiger partial charge in [-0.25, -0.2) is 0 Å². The summed E-state index contributed by atoms with van der Waals surface area (Å²) in [6.07, 6.45) is 0. The first kappa shape index (κ1) is 10.8. The fourth-order valence-electron chi connectivity index (χ4n) is 1.19. The molecule has 0 radical (unpaired) electrons. The SMILES string of the molecule is N#Cc1nc(-c2cc(Cl)ccc2Cl)oc1N. The van der Waals surface area contributed by atoms with Crippen LogP contribution in [0.3, 0.4) is 0 Å². The number of hydrogen-bond acceptors (Lipinski definition) is 4. The average Bonchev–Trinajstić information content (AvgIpc) is 2.63. The van der Waals surface area contributed by atoms with Crippen molar-refractivity contribution in [3.8, 4) is 17.5 Å². The Kier molecular flexibility index (Phi) is 2.73. The fraction of sp³-hybridized carbons (Fsp3) is 0. The van der Waals surface area contributed by atoms with Gasteiger partial charge in [-0.3, -0.25) is 0 Å². The van der Waals surface area contributed by atoms with Crippen molar-refractivity contribution in [1.29, 1.82) is 5.26 Å². The maximum Gasteiger partial charge on any atom is 0.231 e. The number of halogens is 2. The highest BCUT2D eigenvalue weighted by Crippen LogP contribution is 2.31. The summed E-state index contributed by atoms with van der Waals surface area (Å²) in [5.74, 6) is 0.148. The van der Waals surface area contributed by atoms with Crippen molar-refractivity contribution >= 4 is 29.1 Å². The summed E-state index contributed by atoms with van der Waals surface area (Å²) >= 11 is 11.8. The molecule has 1 aromatic carbocycles. The van der Waals surface area contributed by atoms with Crippen LogP contribution in [0.25, 0.3) is 11.5 Å². The molecule has 0 atom stereocenters. The van der Waals surface area contributed by atoms with Crippen molar-refractivity contribution in [2.45, 2.75) is 0 Å². The van der Waals surface area contributed by atoms with Crippen molar-refractivity contribution in [2.75, 3.05) is 5.73 Å². The summed E-state index contributed by atoms with van der Waals surface area (Å²) in [6, 6.07) is 6.67. The maximum absolute atomic E-state index is 8.69. The van der Waals surface area contributed by atoms with Crippen LogP contribution >= 0.6 is 23.2 Å². The predicted octanol–water partition coefficient (Wildman–Crippen LogP) is 3.10. The van der Waals surface area contributed by atoms with Gasteiger partial charge in [-0.1, -0.05) is 23.2 Å². The Bertz CT molecular complexity index is 586. The highest BCUT2D eigenvalue weighted by atomic mass is 35.5. The number of benzene rings is 1. The van der Waals surface area contributed by atoms with Crippen molar-refractivity contribution < 1.29 is 4.42 Å². The number of aromatic nitrogens is 1. The molecule has 2 N–H and O–H groups in total. The third kappa shape index (κ3) is 1.83. The van der Waals surface area contributed by atoms with Crippen molar-refractivity contribution in [3.05, 3.63) is 33.9 Å². The lowest BCUT2D eigenvalue weighted by Crippen LogP contribution is -1.84. The Hall–Kier alpha value is -1.70. The number of nitrogens with two attached hydrogens (primary N) is 1. The molecular weight excluding hydrogens is 249 g/mol. The molecule has 80 valence electrons. The molecule has 0 aliphatic heterocycles. The Balaban J connectivity index is 2.59. The second kappa shape index (κ2) is 4.05. The van der Waals surface area contributed by atoms with Crippen LogP contribution in [-0.2, 0) is 0 Å². The van der Waals surface area contributed by atoms with Crippen LogP contribution in [0.2, 0.25) is 10.0 Å². The molecule has 4 nitrogen and oxygen atoms in total. The first-order valence-corrected chi connectivity index (χ1v) is 4.99. The smallest absolute Gasteiger partial charge is 0.231 e. The summed E-state index contributed by atoms with van der Waals surface area (Å²) in [7, 11) is 0. The topological polar surface area (TPSA) is 75.8 Å². The molecule has 0 unspecified atom stereocenters. The summed E-state index contributed by atoms with van der Waals surface area (Å²) < 4.78 is 5.13. The van der Waals surface area contributed by atoms with E-state index >= 15 is 0 Å². The zero-order valence-electron chi connectivity index (χ0n) is 7.87. The molecule has 0 aliphatic rings. The van der Waals surface area contributed by atoms with Gasteiger partial charge in [-0.2, -0.15) is 10.2 Å². The van der Waals surface area contributed by atoms with Crippen LogP contribution in [0.1, 0.15) is 5.69 Å². The molecule has 0 saturated heterocycles. The molecule has 0 bridgehead atoms. The number of hydrogen-bond donors (Lipinski definition) is 1. The van der Waals surface area contributed by atoms with Crippen LogP contribution in [0.15, 0.2) is 22.6 Å². The maximum atomic E-state index is 8.69. The average molecular weight is 254 g/mol. The molecule has 0 amide bonds. The van der Waals surface area contributed by atoms with Crippen LogP contribution in [0.5, 0.6) is 0 Å². The van der Waals surface area contributed by atoms with E-state index in [9.17, 15) is 0 Å². The van der Waals surface area contributed by atoms with E-state index in [-0.39, 0.29) is 17.5 Å². The highest BCUT2D eigenvalue weighted by Gasteiger charge is 2.14. The minimum atomic E-state index is -0.0338. The Morgan fingerprint density at radius 3 is 2.75 bits per heavy atom. The van der Waals surface area contributed by atoms with Crippen molar-refractivity contribution in [1.82, 2.24) is 4.98 Å². The van der Waals surface area contributed by atoms with E-state index in [0.717, 1.165) is 0 Å². The first-order valence-electron chi connectivity index (χ1n) is 4.23. The fourth-order valence-corrected chi connectivity index (χ4v) is 1.56. The number of nitrogens with zero attached hydrogens (tertiary/aromatic N) is 2. The van der Waals surface area contributed by atoms with E-state index in [1.54, 1.807) is 18.2 Å². The molecule has 16 heavy (non-hydrogen) atoms. The largest absolute Gasteiger partial charge is 0.419 e.